The number of benzene rings is 1. The largest absolute Gasteiger partial charge is 0.368 e. The average molecular weight is 244 g/mol. The van der Waals surface area contributed by atoms with Gasteiger partial charge in [-0.25, -0.2) is 4.39 Å². The Bertz CT molecular complexity index is 671. The van der Waals surface area contributed by atoms with Crippen molar-refractivity contribution in [2.75, 3.05) is 5.73 Å². The van der Waals surface area contributed by atoms with E-state index in [-0.39, 0.29) is 11.7 Å². The Morgan fingerprint density at radius 2 is 2.00 bits per heavy atom. The van der Waals surface area contributed by atoms with Crippen LogP contribution < -0.4 is 5.73 Å². The van der Waals surface area contributed by atoms with E-state index in [0.29, 0.717) is 5.69 Å². The molecule has 3 rings (SSSR count). The Balaban J connectivity index is 2.09. The molecule has 2 aromatic heterocycles. The molecule has 0 radical (unpaired) electrons. The van der Waals surface area contributed by atoms with E-state index >= 15 is 0 Å². The Labute approximate surface area is 101 Å². The van der Waals surface area contributed by atoms with Crippen molar-refractivity contribution in [1.29, 1.82) is 0 Å². The van der Waals surface area contributed by atoms with Gasteiger partial charge in [0.15, 0.2) is 0 Å². The fourth-order valence-corrected chi connectivity index (χ4v) is 1.73. The zero-order chi connectivity index (χ0) is 12.5. The lowest BCUT2D eigenvalue weighted by molar-refractivity contribution is 0.439. The van der Waals surface area contributed by atoms with Gasteiger partial charge in [0.05, 0.1) is 11.9 Å². The van der Waals surface area contributed by atoms with Gasteiger partial charge in [-0.05, 0) is 24.3 Å². The molecule has 0 atom stereocenters. The Kier molecular flexibility index (Phi) is 2.33. The number of H-pyrrole nitrogens is 1. The molecule has 5 nitrogen and oxygen atoms in total. The minimum absolute atomic E-state index is 0.233. The first-order chi connectivity index (χ1) is 8.74. The fraction of sp³-hybridized carbons (Fsp3) is 0. The number of nitrogen functional groups attached to an aromatic ring is 1. The summed E-state index contributed by atoms with van der Waals surface area (Å²) in [5.74, 6) is -0.0539. The van der Waals surface area contributed by atoms with E-state index in [2.05, 4.69) is 15.4 Å². The quantitative estimate of drug-likeness (QED) is 0.725. The molecule has 0 spiro atoms. The Morgan fingerprint density at radius 3 is 2.67 bits per heavy atom. The number of hydrogen-bond acceptors (Lipinski definition) is 4. The number of nitrogens with one attached hydrogen (secondary N) is 1. The van der Waals surface area contributed by atoms with Gasteiger partial charge >= 0.3 is 0 Å². The van der Waals surface area contributed by atoms with Crippen molar-refractivity contribution in [3.63, 3.8) is 0 Å². The zero-order valence-electron chi connectivity index (χ0n) is 9.22. The maximum Gasteiger partial charge on any atom is 0.222 e. The highest BCUT2D eigenvalue weighted by Crippen LogP contribution is 2.30. The Hall–Kier alpha value is -2.63. The summed E-state index contributed by atoms with van der Waals surface area (Å²) in [6.45, 7) is 0. The molecular weight excluding hydrogens is 235 g/mol. The van der Waals surface area contributed by atoms with Crippen molar-refractivity contribution in [1.82, 2.24) is 15.4 Å². The summed E-state index contributed by atoms with van der Waals surface area (Å²) in [6, 6.07) is 7.71. The third-order valence-corrected chi connectivity index (χ3v) is 2.58. The van der Waals surface area contributed by atoms with Crippen LogP contribution in [0.25, 0.3) is 22.5 Å². The molecule has 1 aromatic carbocycles. The zero-order valence-corrected chi connectivity index (χ0v) is 9.22. The maximum atomic E-state index is 12.9. The van der Waals surface area contributed by atoms with Crippen molar-refractivity contribution in [3.8, 4) is 22.5 Å². The molecule has 18 heavy (non-hydrogen) atoms. The molecule has 3 aromatic rings. The normalized spacial score (nSPS) is 10.7. The van der Waals surface area contributed by atoms with Gasteiger partial charge in [-0.15, -0.1) is 0 Å². The molecule has 0 unspecified atom stereocenters. The third kappa shape index (κ3) is 1.73. The highest BCUT2D eigenvalue weighted by molar-refractivity contribution is 5.78. The highest BCUT2D eigenvalue weighted by Gasteiger charge is 2.13. The molecule has 0 amide bonds. The Morgan fingerprint density at radius 1 is 1.22 bits per heavy atom. The predicted molar refractivity (Wildman–Crippen MR) is 63.9 cm³/mol. The number of halogens is 1. The van der Waals surface area contributed by atoms with Crippen molar-refractivity contribution >= 4 is 5.88 Å². The lowest BCUT2D eigenvalue weighted by Gasteiger charge is -2.00. The van der Waals surface area contributed by atoms with Crippen LogP contribution in [-0.4, -0.2) is 15.4 Å². The molecule has 3 N–H and O–H groups in total. The molecule has 0 saturated heterocycles. The van der Waals surface area contributed by atoms with Gasteiger partial charge in [-0.1, -0.05) is 5.16 Å². The van der Waals surface area contributed by atoms with Crippen molar-refractivity contribution < 1.29 is 8.91 Å². The summed E-state index contributed by atoms with van der Waals surface area (Å²) in [4.78, 5) is 0. The van der Waals surface area contributed by atoms with E-state index in [1.807, 2.05) is 0 Å². The van der Waals surface area contributed by atoms with Crippen LogP contribution in [0.3, 0.4) is 0 Å². The number of anilines is 1. The standard InChI is InChI=1S/C12H9FN4O/c13-8-3-1-7(2-4-8)12-9(6-15-16-12)10-5-11(14)18-17-10/h1-6H,14H2,(H,15,16). The predicted octanol–water partition coefficient (Wildman–Crippen LogP) is 2.45. The van der Waals surface area contributed by atoms with Crippen LogP contribution >= 0.6 is 0 Å². The second-order valence-corrected chi connectivity index (χ2v) is 3.78. The van der Waals surface area contributed by atoms with E-state index in [1.165, 1.54) is 12.1 Å². The van der Waals surface area contributed by atoms with Gasteiger partial charge < -0.3 is 10.3 Å². The highest BCUT2D eigenvalue weighted by atomic mass is 19.1. The van der Waals surface area contributed by atoms with Crippen LogP contribution in [0.15, 0.2) is 41.1 Å². The molecule has 90 valence electrons. The second kappa shape index (κ2) is 3.99. The van der Waals surface area contributed by atoms with E-state index in [9.17, 15) is 4.39 Å². The summed E-state index contributed by atoms with van der Waals surface area (Å²) in [7, 11) is 0. The minimum Gasteiger partial charge on any atom is -0.368 e. The van der Waals surface area contributed by atoms with Crippen LogP contribution in [0.1, 0.15) is 0 Å². The van der Waals surface area contributed by atoms with E-state index in [1.54, 1.807) is 24.4 Å². The number of aromatic amines is 1. The van der Waals surface area contributed by atoms with Crippen LogP contribution in [0.2, 0.25) is 0 Å². The molecule has 0 aliphatic heterocycles. The van der Waals surface area contributed by atoms with Crippen molar-refractivity contribution in [3.05, 3.63) is 42.3 Å². The number of nitrogens with zero attached hydrogens (tertiary/aromatic N) is 2. The first-order valence-corrected chi connectivity index (χ1v) is 5.26. The van der Waals surface area contributed by atoms with E-state index < -0.39 is 0 Å². The van der Waals surface area contributed by atoms with Gasteiger partial charge in [0.2, 0.25) is 5.88 Å². The monoisotopic (exact) mass is 244 g/mol. The third-order valence-electron chi connectivity index (χ3n) is 2.58. The average Bonchev–Trinajstić information content (AvgIpc) is 2.98. The molecule has 0 aliphatic carbocycles. The van der Waals surface area contributed by atoms with Gasteiger partial charge in [0.25, 0.3) is 0 Å². The van der Waals surface area contributed by atoms with E-state index in [4.69, 9.17) is 10.3 Å². The first-order valence-electron chi connectivity index (χ1n) is 5.26. The summed E-state index contributed by atoms with van der Waals surface area (Å²) >= 11 is 0. The number of hydrogen-bond donors (Lipinski definition) is 2. The van der Waals surface area contributed by atoms with Gasteiger partial charge in [0.1, 0.15) is 11.5 Å². The minimum atomic E-state index is -0.287. The molecule has 2 heterocycles. The van der Waals surface area contributed by atoms with Crippen molar-refractivity contribution in [2.45, 2.75) is 0 Å². The van der Waals surface area contributed by atoms with Gasteiger partial charge in [-0.2, -0.15) is 5.10 Å². The topological polar surface area (TPSA) is 80.7 Å². The summed E-state index contributed by atoms with van der Waals surface area (Å²) in [5.41, 5.74) is 8.37. The molecule has 6 heteroatoms. The van der Waals surface area contributed by atoms with Crippen LogP contribution in [-0.2, 0) is 0 Å². The summed E-state index contributed by atoms with van der Waals surface area (Å²) in [6.07, 6.45) is 1.62. The SMILES string of the molecule is Nc1cc(-c2cn[nH]c2-c2ccc(F)cc2)no1. The first kappa shape index (κ1) is 10.5. The molecule has 0 aliphatic rings. The lowest BCUT2D eigenvalue weighted by Crippen LogP contribution is -1.83. The summed E-state index contributed by atoms with van der Waals surface area (Å²) < 4.78 is 17.7. The van der Waals surface area contributed by atoms with Crippen molar-refractivity contribution in [2.24, 2.45) is 0 Å². The molecule has 0 fully saturated rings. The lowest BCUT2D eigenvalue weighted by atomic mass is 10.1. The fourth-order valence-electron chi connectivity index (χ4n) is 1.73. The van der Waals surface area contributed by atoms with Crippen LogP contribution in [0, 0.1) is 5.82 Å². The summed E-state index contributed by atoms with van der Waals surface area (Å²) in [5, 5.41) is 10.6. The number of rotatable bonds is 2. The van der Waals surface area contributed by atoms with Gasteiger partial charge in [-0.3, -0.25) is 5.10 Å². The molecule has 0 saturated carbocycles. The van der Waals surface area contributed by atoms with E-state index in [0.717, 1.165) is 16.8 Å². The van der Waals surface area contributed by atoms with Crippen LogP contribution in [0.5, 0.6) is 0 Å². The molecular formula is C12H9FN4O. The maximum absolute atomic E-state index is 12.9. The van der Waals surface area contributed by atoms with Crippen LogP contribution in [0.4, 0.5) is 10.3 Å². The second-order valence-electron chi connectivity index (χ2n) is 3.78. The smallest absolute Gasteiger partial charge is 0.222 e. The van der Waals surface area contributed by atoms with Gasteiger partial charge in [0, 0.05) is 17.2 Å². The number of aromatic nitrogens is 3. The number of nitrogens with two attached hydrogens (primary N) is 1. The molecule has 0 bridgehead atoms.